The monoisotopic (exact) mass is 336 g/mol. The van der Waals surface area contributed by atoms with Crippen LogP contribution in [-0.2, 0) is 10.0 Å². The Bertz CT molecular complexity index is 497. The largest absolute Gasteiger partial charge is 0.250 e. The van der Waals surface area contributed by atoms with E-state index in [1.54, 1.807) is 6.07 Å². The second-order valence-electron chi connectivity index (χ2n) is 3.54. The number of aryl methyl sites for hydroxylation is 1. The molecule has 0 bridgehead atoms. The fourth-order valence-corrected chi connectivity index (χ4v) is 4.52. The van der Waals surface area contributed by atoms with Gasteiger partial charge in [0, 0.05) is 13.0 Å². The Labute approximate surface area is 114 Å². The fraction of sp³-hybridized carbons (Fsp3) is 0.500. The first-order valence-corrected chi connectivity index (χ1v) is 8.19. The van der Waals surface area contributed by atoms with Crippen molar-refractivity contribution in [2.75, 3.05) is 6.54 Å². The molecule has 1 N–H and O–H groups in total. The summed E-state index contributed by atoms with van der Waals surface area (Å²) in [4.78, 5) is 0. The van der Waals surface area contributed by atoms with Crippen LogP contribution in [-0.4, -0.2) is 15.0 Å². The molecule has 0 fully saturated rings. The molecule has 1 aromatic rings. The Morgan fingerprint density at radius 2 is 2.24 bits per heavy atom. The quantitative estimate of drug-likeness (QED) is 0.812. The van der Waals surface area contributed by atoms with Crippen LogP contribution in [0.5, 0.6) is 0 Å². The van der Waals surface area contributed by atoms with Crippen molar-refractivity contribution in [3.05, 3.63) is 15.4 Å². The third-order valence-electron chi connectivity index (χ3n) is 2.11. The van der Waals surface area contributed by atoms with E-state index in [2.05, 4.69) is 20.7 Å². The van der Waals surface area contributed by atoms with E-state index in [1.165, 1.54) is 11.3 Å². The van der Waals surface area contributed by atoms with Gasteiger partial charge in [-0.25, -0.2) is 13.1 Å². The zero-order valence-corrected chi connectivity index (χ0v) is 12.6. The normalized spacial score (nSPS) is 11.4. The molecule has 0 saturated heterocycles. The van der Waals surface area contributed by atoms with Gasteiger partial charge in [-0.15, -0.1) is 11.3 Å². The van der Waals surface area contributed by atoms with E-state index in [9.17, 15) is 8.42 Å². The highest BCUT2D eigenvalue weighted by Crippen LogP contribution is 2.30. The van der Waals surface area contributed by atoms with Crippen LogP contribution in [0.1, 0.15) is 24.8 Å². The minimum absolute atomic E-state index is 0.321. The van der Waals surface area contributed by atoms with E-state index >= 15 is 0 Å². The van der Waals surface area contributed by atoms with Crippen LogP contribution in [0.4, 0.5) is 0 Å². The first-order valence-electron chi connectivity index (χ1n) is 5.10. The lowest BCUT2D eigenvalue weighted by Crippen LogP contribution is -2.23. The molecule has 0 radical (unpaired) electrons. The molecule has 0 unspecified atom stereocenters. The Morgan fingerprint density at radius 1 is 1.53 bits per heavy atom. The number of nitrogens with one attached hydrogen (secondary N) is 1. The van der Waals surface area contributed by atoms with Gasteiger partial charge in [-0.3, -0.25) is 0 Å². The molecule has 0 aromatic carbocycles. The number of unbranched alkanes of at least 4 members (excludes halogenated alkanes) is 2. The molecular weight excluding hydrogens is 324 g/mol. The van der Waals surface area contributed by atoms with Crippen molar-refractivity contribution in [1.29, 1.82) is 5.26 Å². The minimum Gasteiger partial charge on any atom is -0.210 e. The van der Waals surface area contributed by atoms with Crippen LogP contribution in [0.25, 0.3) is 0 Å². The third kappa shape index (κ3) is 4.39. The lowest BCUT2D eigenvalue weighted by atomic mass is 10.2. The van der Waals surface area contributed by atoms with Gasteiger partial charge in [0.05, 0.1) is 9.86 Å². The van der Waals surface area contributed by atoms with Gasteiger partial charge in [-0.1, -0.05) is 0 Å². The minimum atomic E-state index is -3.39. The fourth-order valence-electron chi connectivity index (χ4n) is 1.17. The molecule has 17 heavy (non-hydrogen) atoms. The zero-order chi connectivity index (χ0) is 12.9. The number of nitrogens with zero attached hydrogens (tertiary/aromatic N) is 1. The topological polar surface area (TPSA) is 70.0 Å². The molecule has 0 saturated carbocycles. The van der Waals surface area contributed by atoms with Gasteiger partial charge in [-0.2, -0.15) is 5.26 Å². The summed E-state index contributed by atoms with van der Waals surface area (Å²) in [5, 5.41) is 8.34. The van der Waals surface area contributed by atoms with Gasteiger partial charge in [0.1, 0.15) is 4.21 Å². The van der Waals surface area contributed by atoms with Crippen LogP contribution >= 0.6 is 27.3 Å². The number of rotatable bonds is 6. The molecule has 7 heteroatoms. The molecule has 0 atom stereocenters. The smallest absolute Gasteiger partial charge is 0.210 e. The number of sulfonamides is 1. The molecule has 0 aliphatic heterocycles. The summed E-state index contributed by atoms with van der Waals surface area (Å²) in [6, 6.07) is 3.67. The molecular formula is C10H13BrN2O2S2. The van der Waals surface area contributed by atoms with Crippen LogP contribution in [0.3, 0.4) is 0 Å². The van der Waals surface area contributed by atoms with Crippen molar-refractivity contribution in [3.8, 4) is 6.07 Å². The van der Waals surface area contributed by atoms with Crippen LogP contribution in [0, 0.1) is 18.3 Å². The van der Waals surface area contributed by atoms with Crippen LogP contribution < -0.4 is 4.72 Å². The zero-order valence-electron chi connectivity index (χ0n) is 9.36. The molecule has 1 heterocycles. The summed E-state index contributed by atoms with van der Waals surface area (Å²) in [5.41, 5.74) is 0.917. The summed E-state index contributed by atoms with van der Waals surface area (Å²) in [5.74, 6) is 0. The predicted molar refractivity (Wildman–Crippen MR) is 71.4 cm³/mol. The molecule has 1 rings (SSSR count). The highest BCUT2D eigenvalue weighted by atomic mass is 79.9. The van der Waals surface area contributed by atoms with E-state index in [-0.39, 0.29) is 0 Å². The third-order valence-corrected chi connectivity index (χ3v) is 6.18. The second-order valence-corrected chi connectivity index (χ2v) is 7.90. The predicted octanol–water partition coefficient (Wildman–Crippen LogP) is 2.79. The number of hydrogen-bond acceptors (Lipinski definition) is 4. The summed E-state index contributed by atoms with van der Waals surface area (Å²) in [6.45, 7) is 2.23. The van der Waals surface area contributed by atoms with Crippen LogP contribution in [0.2, 0.25) is 0 Å². The molecule has 94 valence electrons. The Balaban J connectivity index is 2.55. The molecule has 0 aliphatic carbocycles. The SMILES string of the molecule is Cc1cc(S(=O)(=O)NCCCCC#N)sc1Br. The molecule has 0 aliphatic rings. The van der Waals surface area contributed by atoms with Crippen molar-refractivity contribution in [2.45, 2.75) is 30.4 Å². The molecule has 4 nitrogen and oxygen atoms in total. The maximum absolute atomic E-state index is 11.8. The van der Waals surface area contributed by atoms with Gasteiger partial charge in [0.15, 0.2) is 0 Å². The average molecular weight is 337 g/mol. The number of halogens is 1. The summed E-state index contributed by atoms with van der Waals surface area (Å²) < 4.78 is 27.4. The van der Waals surface area contributed by atoms with E-state index in [0.717, 1.165) is 9.35 Å². The summed E-state index contributed by atoms with van der Waals surface area (Å²) in [7, 11) is -3.39. The maximum Gasteiger partial charge on any atom is 0.250 e. The van der Waals surface area contributed by atoms with Crippen LogP contribution in [0.15, 0.2) is 14.1 Å². The summed E-state index contributed by atoms with van der Waals surface area (Å²) >= 11 is 4.50. The van der Waals surface area contributed by atoms with Gasteiger partial charge >= 0.3 is 0 Å². The van der Waals surface area contributed by atoms with E-state index in [0.29, 0.717) is 30.0 Å². The van der Waals surface area contributed by atoms with Crippen molar-refractivity contribution in [1.82, 2.24) is 4.72 Å². The Hall–Kier alpha value is -0.420. The van der Waals surface area contributed by atoms with Crippen molar-refractivity contribution in [3.63, 3.8) is 0 Å². The number of hydrogen-bond donors (Lipinski definition) is 1. The number of nitriles is 1. The van der Waals surface area contributed by atoms with Crippen molar-refractivity contribution < 1.29 is 8.42 Å². The summed E-state index contributed by atoms with van der Waals surface area (Å²) in [6.07, 6.45) is 1.86. The standard InChI is InChI=1S/C10H13BrN2O2S2/c1-8-7-9(16-10(8)11)17(14,15)13-6-4-2-3-5-12/h7,13H,2-4,6H2,1H3. The average Bonchev–Trinajstić information content (AvgIpc) is 2.60. The molecule has 1 aromatic heterocycles. The second kappa shape index (κ2) is 6.50. The molecule has 0 amide bonds. The first kappa shape index (κ1) is 14.6. The molecule has 0 spiro atoms. The first-order chi connectivity index (χ1) is 7.97. The van der Waals surface area contributed by atoms with Crippen molar-refractivity contribution >= 4 is 37.3 Å². The maximum atomic E-state index is 11.8. The van der Waals surface area contributed by atoms with E-state index in [4.69, 9.17) is 5.26 Å². The Morgan fingerprint density at radius 3 is 2.76 bits per heavy atom. The van der Waals surface area contributed by atoms with Gasteiger partial charge in [0.2, 0.25) is 10.0 Å². The lowest BCUT2D eigenvalue weighted by Gasteiger charge is -2.03. The van der Waals surface area contributed by atoms with Gasteiger partial charge < -0.3 is 0 Å². The van der Waals surface area contributed by atoms with Gasteiger partial charge in [0.25, 0.3) is 0 Å². The lowest BCUT2D eigenvalue weighted by molar-refractivity contribution is 0.579. The van der Waals surface area contributed by atoms with Gasteiger partial charge in [-0.05, 0) is 47.3 Å². The van der Waals surface area contributed by atoms with E-state index < -0.39 is 10.0 Å². The Kier molecular flexibility index (Phi) is 5.59. The van der Waals surface area contributed by atoms with E-state index in [1.807, 2.05) is 13.0 Å². The number of thiophene rings is 1. The highest BCUT2D eigenvalue weighted by Gasteiger charge is 2.17. The highest BCUT2D eigenvalue weighted by molar-refractivity contribution is 9.11. The van der Waals surface area contributed by atoms with Crippen molar-refractivity contribution in [2.24, 2.45) is 0 Å².